The molecule has 0 aliphatic carbocycles. The highest BCUT2D eigenvalue weighted by Gasteiger charge is 2.20. The first-order valence-electron chi connectivity index (χ1n) is 9.71. The number of nitrogens with zero attached hydrogens (tertiary/aromatic N) is 6. The number of amides is 1. The molecule has 8 heteroatoms. The summed E-state index contributed by atoms with van der Waals surface area (Å²) < 4.78 is 0. The topological polar surface area (TPSA) is 87.1 Å². The summed E-state index contributed by atoms with van der Waals surface area (Å²) in [5, 5.41) is 2.93. The molecule has 29 heavy (non-hydrogen) atoms. The number of carbonyl (C=O) groups is 1. The molecule has 0 saturated carbocycles. The van der Waals surface area contributed by atoms with Crippen molar-refractivity contribution in [3.8, 4) is 0 Å². The zero-order valence-electron chi connectivity index (χ0n) is 16.1. The number of aromatic nitrogens is 4. The van der Waals surface area contributed by atoms with Crippen LogP contribution < -0.4 is 15.1 Å². The first-order valence-corrected chi connectivity index (χ1v) is 9.71. The largest absolute Gasteiger partial charge is 0.353 e. The van der Waals surface area contributed by atoms with Crippen LogP contribution in [0.3, 0.4) is 0 Å². The second-order valence-electron chi connectivity index (χ2n) is 6.78. The van der Waals surface area contributed by atoms with Gasteiger partial charge >= 0.3 is 0 Å². The summed E-state index contributed by atoms with van der Waals surface area (Å²) in [4.78, 5) is 33.9. The Morgan fingerprint density at radius 3 is 2.38 bits per heavy atom. The maximum absolute atomic E-state index is 12.5. The zero-order chi connectivity index (χ0) is 19.9. The maximum atomic E-state index is 12.5. The Labute approximate surface area is 169 Å². The van der Waals surface area contributed by atoms with Crippen molar-refractivity contribution < 1.29 is 4.79 Å². The standard InChI is InChI=1S/C21H23N7O/c29-20(22-10-7-17-5-2-1-3-6-17)18-15-19(26-16-25-18)27-11-13-28(14-12-27)21-23-8-4-9-24-21/h1-6,8-9,15-16H,7,10-14H2,(H,22,29). The van der Waals surface area contributed by atoms with Gasteiger partial charge in [-0.05, 0) is 18.1 Å². The summed E-state index contributed by atoms with van der Waals surface area (Å²) in [5.41, 5.74) is 1.58. The van der Waals surface area contributed by atoms with Gasteiger partial charge < -0.3 is 15.1 Å². The Morgan fingerprint density at radius 2 is 1.62 bits per heavy atom. The number of hydrogen-bond acceptors (Lipinski definition) is 7. The number of piperazine rings is 1. The van der Waals surface area contributed by atoms with E-state index < -0.39 is 0 Å². The second-order valence-corrected chi connectivity index (χ2v) is 6.78. The molecule has 1 aromatic carbocycles. The summed E-state index contributed by atoms with van der Waals surface area (Å²) in [6.07, 6.45) is 5.74. The van der Waals surface area contributed by atoms with Crippen molar-refractivity contribution in [2.24, 2.45) is 0 Å². The van der Waals surface area contributed by atoms with Crippen LogP contribution >= 0.6 is 0 Å². The normalized spacial score (nSPS) is 13.9. The quantitative estimate of drug-likeness (QED) is 0.685. The molecule has 1 aliphatic heterocycles. The third-order valence-electron chi connectivity index (χ3n) is 4.87. The third-order valence-corrected chi connectivity index (χ3v) is 4.87. The van der Waals surface area contributed by atoms with Gasteiger partial charge in [-0.25, -0.2) is 19.9 Å². The van der Waals surface area contributed by atoms with Gasteiger partial charge in [-0.15, -0.1) is 0 Å². The van der Waals surface area contributed by atoms with Crippen LogP contribution in [0.2, 0.25) is 0 Å². The fourth-order valence-electron chi connectivity index (χ4n) is 3.29. The molecule has 0 spiro atoms. The van der Waals surface area contributed by atoms with Crippen LogP contribution in [-0.2, 0) is 6.42 Å². The highest BCUT2D eigenvalue weighted by atomic mass is 16.1. The van der Waals surface area contributed by atoms with E-state index >= 15 is 0 Å². The van der Waals surface area contributed by atoms with E-state index in [9.17, 15) is 4.79 Å². The average Bonchev–Trinajstić information content (AvgIpc) is 2.80. The summed E-state index contributed by atoms with van der Waals surface area (Å²) in [6, 6.07) is 13.6. The van der Waals surface area contributed by atoms with Crippen LogP contribution in [0.15, 0.2) is 61.2 Å². The Morgan fingerprint density at radius 1 is 0.897 bits per heavy atom. The average molecular weight is 389 g/mol. The van der Waals surface area contributed by atoms with Crippen molar-refractivity contribution in [3.05, 3.63) is 72.4 Å². The first kappa shape index (κ1) is 18.8. The molecule has 4 rings (SSSR count). The number of rotatable bonds is 6. The highest BCUT2D eigenvalue weighted by Crippen LogP contribution is 2.16. The van der Waals surface area contributed by atoms with Gasteiger partial charge in [0.1, 0.15) is 17.8 Å². The number of anilines is 2. The Balaban J connectivity index is 1.32. The molecule has 0 atom stereocenters. The third kappa shape index (κ3) is 4.84. The van der Waals surface area contributed by atoms with Crippen LogP contribution in [0.5, 0.6) is 0 Å². The molecule has 148 valence electrons. The lowest BCUT2D eigenvalue weighted by Crippen LogP contribution is -2.47. The zero-order valence-corrected chi connectivity index (χ0v) is 16.1. The molecular formula is C21H23N7O. The number of hydrogen-bond donors (Lipinski definition) is 1. The predicted molar refractivity (Wildman–Crippen MR) is 111 cm³/mol. The molecule has 3 aromatic rings. The minimum Gasteiger partial charge on any atom is -0.353 e. The van der Waals surface area contributed by atoms with Crippen LogP contribution in [0, 0.1) is 0 Å². The van der Waals surface area contributed by atoms with Gasteiger partial charge in [-0.1, -0.05) is 30.3 Å². The summed E-state index contributed by atoms with van der Waals surface area (Å²) in [7, 11) is 0. The van der Waals surface area contributed by atoms with Crippen molar-refractivity contribution in [3.63, 3.8) is 0 Å². The van der Waals surface area contributed by atoms with E-state index in [1.807, 2.05) is 24.3 Å². The molecule has 1 aliphatic rings. The predicted octanol–water partition coefficient (Wildman–Crippen LogP) is 1.57. The van der Waals surface area contributed by atoms with E-state index in [1.54, 1.807) is 18.5 Å². The molecule has 2 aromatic heterocycles. The lowest BCUT2D eigenvalue weighted by Gasteiger charge is -2.35. The van der Waals surface area contributed by atoms with E-state index in [0.717, 1.165) is 44.4 Å². The monoisotopic (exact) mass is 389 g/mol. The van der Waals surface area contributed by atoms with Gasteiger partial charge in [-0.2, -0.15) is 0 Å². The van der Waals surface area contributed by atoms with Crippen LogP contribution in [0.25, 0.3) is 0 Å². The molecule has 1 amide bonds. The van der Waals surface area contributed by atoms with Gasteiger partial charge in [0.05, 0.1) is 0 Å². The van der Waals surface area contributed by atoms with Gasteiger partial charge in [0, 0.05) is 51.2 Å². The van der Waals surface area contributed by atoms with Crippen molar-refractivity contribution in [2.45, 2.75) is 6.42 Å². The Kier molecular flexibility index (Phi) is 5.89. The lowest BCUT2D eigenvalue weighted by molar-refractivity contribution is 0.0949. The smallest absolute Gasteiger partial charge is 0.270 e. The van der Waals surface area contributed by atoms with Gasteiger partial charge in [0.2, 0.25) is 5.95 Å². The molecule has 0 radical (unpaired) electrons. The van der Waals surface area contributed by atoms with Crippen LogP contribution in [0.4, 0.5) is 11.8 Å². The Bertz CT molecular complexity index is 928. The molecule has 3 heterocycles. The van der Waals surface area contributed by atoms with Crippen molar-refractivity contribution >= 4 is 17.7 Å². The fourth-order valence-corrected chi connectivity index (χ4v) is 3.29. The number of carbonyl (C=O) groups excluding carboxylic acids is 1. The van der Waals surface area contributed by atoms with E-state index in [0.29, 0.717) is 12.2 Å². The maximum Gasteiger partial charge on any atom is 0.270 e. The van der Waals surface area contributed by atoms with Gasteiger partial charge in [0.25, 0.3) is 5.91 Å². The van der Waals surface area contributed by atoms with E-state index in [1.165, 1.54) is 11.9 Å². The van der Waals surface area contributed by atoms with Crippen molar-refractivity contribution in [2.75, 3.05) is 42.5 Å². The first-order chi connectivity index (χ1) is 14.3. The van der Waals surface area contributed by atoms with Gasteiger partial charge in [0.15, 0.2) is 0 Å². The van der Waals surface area contributed by atoms with E-state index in [4.69, 9.17) is 0 Å². The van der Waals surface area contributed by atoms with Crippen LogP contribution in [-0.4, -0.2) is 58.6 Å². The minimum atomic E-state index is -0.180. The molecule has 1 N–H and O–H groups in total. The Hall–Kier alpha value is -3.55. The summed E-state index contributed by atoms with van der Waals surface area (Å²) in [6.45, 7) is 3.73. The molecule has 8 nitrogen and oxygen atoms in total. The summed E-state index contributed by atoms with van der Waals surface area (Å²) in [5.74, 6) is 1.33. The molecule has 1 saturated heterocycles. The highest BCUT2D eigenvalue weighted by molar-refractivity contribution is 5.92. The van der Waals surface area contributed by atoms with Crippen LogP contribution in [0.1, 0.15) is 16.1 Å². The van der Waals surface area contributed by atoms with Gasteiger partial charge in [-0.3, -0.25) is 4.79 Å². The minimum absolute atomic E-state index is 0.180. The van der Waals surface area contributed by atoms with E-state index in [2.05, 4.69) is 47.2 Å². The van der Waals surface area contributed by atoms with Crippen molar-refractivity contribution in [1.29, 1.82) is 0 Å². The molecule has 0 unspecified atom stereocenters. The second kappa shape index (κ2) is 9.09. The lowest BCUT2D eigenvalue weighted by atomic mass is 10.1. The van der Waals surface area contributed by atoms with Crippen molar-refractivity contribution in [1.82, 2.24) is 25.3 Å². The SMILES string of the molecule is O=C(NCCc1ccccc1)c1cc(N2CCN(c3ncccn3)CC2)ncn1. The summed E-state index contributed by atoms with van der Waals surface area (Å²) >= 11 is 0. The molecule has 1 fully saturated rings. The molecule has 0 bridgehead atoms. The van der Waals surface area contributed by atoms with E-state index in [-0.39, 0.29) is 5.91 Å². The molecular weight excluding hydrogens is 366 g/mol. The number of benzene rings is 1. The number of nitrogens with one attached hydrogen (secondary N) is 1. The fraction of sp³-hybridized carbons (Fsp3) is 0.286.